The van der Waals surface area contributed by atoms with Gasteiger partial charge in [-0.2, -0.15) is 5.10 Å². The van der Waals surface area contributed by atoms with Crippen molar-refractivity contribution in [1.82, 2.24) is 34.9 Å². The van der Waals surface area contributed by atoms with Gasteiger partial charge in [-0.15, -0.1) is 9.94 Å². The quantitative estimate of drug-likeness (QED) is 0.213. The Morgan fingerprint density at radius 2 is 1.62 bits per heavy atom. The van der Waals surface area contributed by atoms with Crippen LogP contribution in [-0.4, -0.2) is 96.7 Å². The van der Waals surface area contributed by atoms with Crippen molar-refractivity contribution in [2.24, 2.45) is 11.8 Å². The molecule has 4 heterocycles. The number of H-pyrrole nitrogens is 1. The number of ether oxygens (including phenoxy) is 1. The smallest absolute Gasteiger partial charge is 0.415 e. The maximum Gasteiger partial charge on any atom is 0.415 e. The molecule has 14 nitrogen and oxygen atoms in total. The first-order valence-corrected chi connectivity index (χ1v) is 16.4. The van der Waals surface area contributed by atoms with Gasteiger partial charge in [-0.3, -0.25) is 9.89 Å². The Bertz CT molecular complexity index is 1520. The van der Waals surface area contributed by atoms with Gasteiger partial charge in [-0.05, 0) is 80.0 Å². The van der Waals surface area contributed by atoms with Gasteiger partial charge in [0.1, 0.15) is 18.7 Å². The zero-order chi connectivity index (χ0) is 32.8. The van der Waals surface area contributed by atoms with Crippen LogP contribution < -0.4 is 14.9 Å². The summed E-state index contributed by atoms with van der Waals surface area (Å²) in [5, 5.41) is 23.1. The number of carbonyl (C=O) groups is 3. The second-order valence-corrected chi connectivity index (χ2v) is 12.2. The molecule has 248 valence electrons. The number of anilines is 1. The first-order chi connectivity index (χ1) is 22.9. The van der Waals surface area contributed by atoms with Crippen molar-refractivity contribution >= 4 is 35.5 Å². The Balaban J connectivity index is 0.000000227. The van der Waals surface area contributed by atoms with E-state index in [9.17, 15) is 14.4 Å². The molecule has 0 bridgehead atoms. The molecular formula is C32H38N8O6S. The zero-order valence-corrected chi connectivity index (χ0v) is 26.6. The number of piperidine rings is 2. The molecule has 4 aromatic rings. The lowest BCUT2D eigenvalue weighted by Gasteiger charge is -2.30. The molecule has 2 aliphatic heterocycles. The number of hydrogen-bond donors (Lipinski definition) is 3. The molecule has 0 unspecified atom stereocenters. The fourth-order valence-electron chi connectivity index (χ4n) is 5.11. The lowest BCUT2D eigenvalue weighted by molar-refractivity contribution is 0.0366. The number of nitrogens with zero attached hydrogens (tertiary/aromatic N) is 6. The Morgan fingerprint density at radius 1 is 0.915 bits per heavy atom. The maximum atomic E-state index is 12.5. The van der Waals surface area contributed by atoms with Crippen molar-refractivity contribution < 1.29 is 29.1 Å². The van der Waals surface area contributed by atoms with Crippen LogP contribution in [0.3, 0.4) is 0 Å². The van der Waals surface area contributed by atoms with Crippen LogP contribution in [0.4, 0.5) is 15.3 Å². The molecule has 0 radical (unpaired) electrons. The van der Waals surface area contributed by atoms with Crippen LogP contribution in [0.2, 0.25) is 0 Å². The van der Waals surface area contributed by atoms with E-state index in [2.05, 4.69) is 25.6 Å². The maximum absolute atomic E-state index is 12.5. The molecule has 47 heavy (non-hydrogen) atoms. The lowest BCUT2D eigenvalue weighted by Crippen LogP contribution is -2.41. The highest BCUT2D eigenvalue weighted by atomic mass is 32.2. The first-order valence-electron chi connectivity index (χ1n) is 15.4. The highest BCUT2D eigenvalue weighted by Crippen LogP contribution is 2.24. The van der Waals surface area contributed by atoms with E-state index in [4.69, 9.17) is 14.7 Å². The number of likely N-dealkylation sites (tertiary alicyclic amines) is 2. The highest BCUT2D eigenvalue weighted by molar-refractivity contribution is 7.99. The molecule has 2 aliphatic rings. The summed E-state index contributed by atoms with van der Waals surface area (Å²) in [5.74, 6) is 2.17. The van der Waals surface area contributed by atoms with Crippen LogP contribution in [0.25, 0.3) is 0 Å². The predicted octanol–water partition coefficient (Wildman–Crippen LogP) is 4.76. The largest absolute Gasteiger partial charge is 0.465 e. The number of amides is 3. The van der Waals surface area contributed by atoms with Crippen LogP contribution >= 0.6 is 11.8 Å². The van der Waals surface area contributed by atoms with Gasteiger partial charge in [-0.25, -0.2) is 14.6 Å². The van der Waals surface area contributed by atoms with Crippen LogP contribution in [0.1, 0.15) is 36.0 Å². The monoisotopic (exact) mass is 662 g/mol. The van der Waals surface area contributed by atoms with Gasteiger partial charge >= 0.3 is 12.2 Å². The Morgan fingerprint density at radius 3 is 2.26 bits per heavy atom. The molecule has 0 aliphatic carbocycles. The van der Waals surface area contributed by atoms with E-state index >= 15 is 0 Å². The molecule has 2 aromatic carbocycles. The van der Waals surface area contributed by atoms with Gasteiger partial charge in [0.15, 0.2) is 5.16 Å². The van der Waals surface area contributed by atoms with Gasteiger partial charge < -0.3 is 29.8 Å². The third-order valence-corrected chi connectivity index (χ3v) is 8.99. The van der Waals surface area contributed by atoms with Crippen molar-refractivity contribution in [3.05, 3.63) is 84.9 Å². The Kier molecular flexibility index (Phi) is 12.1. The van der Waals surface area contributed by atoms with E-state index in [1.165, 1.54) is 16.1 Å². The fraction of sp³-hybridized carbons (Fsp3) is 0.375. The summed E-state index contributed by atoms with van der Waals surface area (Å²) < 4.78 is 5.48. The van der Waals surface area contributed by atoms with Gasteiger partial charge in [0.25, 0.3) is 5.91 Å². The van der Waals surface area contributed by atoms with Crippen LogP contribution in [0.5, 0.6) is 5.75 Å². The van der Waals surface area contributed by atoms with Crippen molar-refractivity contribution in [3.8, 4) is 5.75 Å². The van der Waals surface area contributed by atoms with Crippen LogP contribution in [-0.2, 0) is 0 Å². The average Bonchev–Trinajstić information content (AvgIpc) is 3.84. The van der Waals surface area contributed by atoms with E-state index in [1.54, 1.807) is 65.5 Å². The van der Waals surface area contributed by atoms with Crippen molar-refractivity contribution in [3.63, 3.8) is 0 Å². The minimum absolute atomic E-state index is 0.190. The summed E-state index contributed by atoms with van der Waals surface area (Å²) in [6.07, 6.45) is 7.32. The molecule has 2 saturated heterocycles. The molecule has 2 aromatic heterocycles. The van der Waals surface area contributed by atoms with Crippen LogP contribution in [0, 0.1) is 11.8 Å². The normalized spacial score (nSPS) is 15.3. The molecule has 0 saturated carbocycles. The van der Waals surface area contributed by atoms with Crippen molar-refractivity contribution in [2.75, 3.05) is 43.9 Å². The molecule has 6 rings (SSSR count). The minimum Gasteiger partial charge on any atom is -0.465 e. The van der Waals surface area contributed by atoms with E-state index in [0.29, 0.717) is 61.6 Å². The van der Waals surface area contributed by atoms with Crippen molar-refractivity contribution in [2.45, 2.75) is 30.8 Å². The first kappa shape index (κ1) is 33.3. The number of nitrogens with one attached hydrogen (secondary N) is 2. The summed E-state index contributed by atoms with van der Waals surface area (Å²) in [5.41, 5.74) is 1.21. The van der Waals surface area contributed by atoms with Crippen LogP contribution in [0.15, 0.2) is 84.5 Å². The van der Waals surface area contributed by atoms with Gasteiger partial charge in [0, 0.05) is 43.2 Å². The van der Waals surface area contributed by atoms with Gasteiger partial charge in [0.2, 0.25) is 0 Å². The zero-order valence-electron chi connectivity index (χ0n) is 25.8. The molecule has 0 atom stereocenters. The summed E-state index contributed by atoms with van der Waals surface area (Å²) in [7, 11) is 0. The van der Waals surface area contributed by atoms with Gasteiger partial charge in [-0.1, -0.05) is 30.0 Å². The lowest BCUT2D eigenvalue weighted by atomic mass is 9.98. The topological polar surface area (TPSA) is 168 Å². The average molecular weight is 663 g/mol. The molecule has 15 heteroatoms. The second-order valence-electron chi connectivity index (χ2n) is 11.2. The summed E-state index contributed by atoms with van der Waals surface area (Å²) in [4.78, 5) is 49.6. The second kappa shape index (κ2) is 17.0. The van der Waals surface area contributed by atoms with E-state index < -0.39 is 6.09 Å². The number of hydrogen-bond acceptors (Lipinski definition) is 9. The number of carboxylic acid groups (broad SMARTS) is 1. The Hall–Kier alpha value is -5.05. The van der Waals surface area contributed by atoms with E-state index in [1.807, 2.05) is 24.3 Å². The van der Waals surface area contributed by atoms with Crippen molar-refractivity contribution in [1.29, 1.82) is 0 Å². The molecule has 3 N–H and O–H groups in total. The number of aromatic amines is 1. The summed E-state index contributed by atoms with van der Waals surface area (Å²) in [6, 6.07) is 17.5. The molecule has 0 spiro atoms. The number of aromatic nitrogens is 5. The third kappa shape index (κ3) is 10.5. The number of rotatable bonds is 9. The molecule has 3 amide bonds. The fourth-order valence-corrected chi connectivity index (χ4v) is 6.08. The SMILES string of the molecule is O=C(Nc1ccc(OC(=O)N2CCC(COn3cccn3)CC2)cc1)c1ccccc1.O=C(O)N1CCC(CSc2ncn[nH]2)CC1. The predicted molar refractivity (Wildman–Crippen MR) is 174 cm³/mol. The highest BCUT2D eigenvalue weighted by Gasteiger charge is 2.25. The standard InChI is InChI=1S/C23H24N4O4.C9H14N4O2S/c28-22(19-5-2-1-3-6-19)25-20-7-9-21(10-8-20)31-23(29)26-15-11-18(12-16-26)17-30-27-14-4-13-24-27;14-9(15)13-3-1-7(2-4-13)5-16-8-10-6-11-12-8/h1-10,13-14,18H,11-12,15-17H2,(H,25,28);6-7H,1-5H2,(H,14,15)(H,10,11,12). The third-order valence-electron chi connectivity index (χ3n) is 7.88. The number of thioether (sulfide) groups is 1. The number of benzene rings is 2. The molecule has 2 fully saturated rings. The van der Waals surface area contributed by atoms with Gasteiger partial charge in [0.05, 0.1) is 12.4 Å². The summed E-state index contributed by atoms with van der Waals surface area (Å²) in [6.45, 7) is 3.11. The van der Waals surface area contributed by atoms with E-state index in [-0.39, 0.29) is 12.0 Å². The molecular weight excluding hydrogens is 624 g/mol. The summed E-state index contributed by atoms with van der Waals surface area (Å²) >= 11 is 1.65. The minimum atomic E-state index is -0.804. The number of carbonyl (C=O) groups excluding carboxylic acids is 2. The van der Waals surface area contributed by atoms with E-state index in [0.717, 1.165) is 36.6 Å². The Labute approximate surface area is 276 Å².